The predicted molar refractivity (Wildman–Crippen MR) is 56.8 cm³/mol. The van der Waals surface area contributed by atoms with Crippen molar-refractivity contribution in [2.24, 2.45) is 0 Å². The van der Waals surface area contributed by atoms with E-state index in [1.807, 2.05) is 13.8 Å². The normalized spacial score (nSPS) is 11.1. The Labute approximate surface area is 87.7 Å². The third-order valence-corrected chi connectivity index (χ3v) is 2.81. The van der Waals surface area contributed by atoms with Gasteiger partial charge in [0.2, 0.25) is 0 Å². The van der Waals surface area contributed by atoms with E-state index in [1.54, 1.807) is 10.7 Å². The molecular weight excluding hydrogens is 198 g/mol. The second-order valence-electron chi connectivity index (χ2n) is 3.38. The molecule has 0 amide bonds. The number of hydrogen-bond donors (Lipinski definition) is 0. The number of aryl methyl sites for hydroxylation is 2. The number of rotatable bonds is 1. The van der Waals surface area contributed by atoms with Crippen LogP contribution in [0.4, 0.5) is 0 Å². The van der Waals surface area contributed by atoms with Crippen molar-refractivity contribution >= 4 is 17.2 Å². The van der Waals surface area contributed by atoms with Crippen LogP contribution in [0.15, 0.2) is 6.20 Å². The van der Waals surface area contributed by atoms with E-state index in [2.05, 4.69) is 17.0 Å². The quantitative estimate of drug-likeness (QED) is 0.676. The second kappa shape index (κ2) is 3.24. The topological polar surface area (TPSA) is 30.2 Å². The summed E-state index contributed by atoms with van der Waals surface area (Å²) < 4.78 is 1.70. The van der Waals surface area contributed by atoms with Crippen LogP contribution in [-0.2, 0) is 6.42 Å². The molecule has 0 aromatic carbocycles. The van der Waals surface area contributed by atoms with Gasteiger partial charge in [-0.3, -0.25) is 0 Å². The van der Waals surface area contributed by atoms with E-state index in [1.165, 1.54) is 0 Å². The van der Waals surface area contributed by atoms with Gasteiger partial charge in [0, 0.05) is 16.8 Å². The lowest BCUT2D eigenvalue weighted by atomic mass is 10.2. The van der Waals surface area contributed by atoms with Gasteiger partial charge in [0.25, 0.3) is 0 Å². The maximum atomic E-state index is 6.22. The van der Waals surface area contributed by atoms with Crippen LogP contribution in [0.25, 0.3) is 5.65 Å². The Balaban J connectivity index is 2.87. The fourth-order valence-electron chi connectivity index (χ4n) is 1.61. The van der Waals surface area contributed by atoms with E-state index in [4.69, 9.17) is 11.6 Å². The molecule has 2 rings (SSSR count). The summed E-state index contributed by atoms with van der Waals surface area (Å²) in [5, 5.41) is 4.87. The fourth-order valence-corrected chi connectivity index (χ4v) is 2.00. The van der Waals surface area contributed by atoms with Gasteiger partial charge < -0.3 is 0 Å². The molecule has 0 bridgehead atoms. The van der Waals surface area contributed by atoms with Crippen molar-refractivity contribution in [3.05, 3.63) is 28.2 Å². The molecule has 0 unspecified atom stereocenters. The number of aromatic nitrogens is 3. The molecule has 0 aliphatic carbocycles. The molecule has 0 aliphatic rings. The molecule has 0 N–H and O–H groups in total. The van der Waals surface area contributed by atoms with Crippen LogP contribution in [0.2, 0.25) is 5.15 Å². The minimum absolute atomic E-state index is 0.683. The minimum atomic E-state index is 0.683. The van der Waals surface area contributed by atoms with Gasteiger partial charge in [-0.15, -0.1) is 0 Å². The van der Waals surface area contributed by atoms with Gasteiger partial charge in [-0.1, -0.05) is 18.5 Å². The average Bonchev–Trinajstić information content (AvgIpc) is 2.49. The Morgan fingerprint density at radius 2 is 2.14 bits per heavy atom. The largest absolute Gasteiger partial charge is 0.233 e. The molecule has 0 saturated carbocycles. The maximum absolute atomic E-state index is 6.22. The second-order valence-corrected chi connectivity index (χ2v) is 3.74. The number of hydrogen-bond acceptors (Lipinski definition) is 2. The smallest absolute Gasteiger partial charge is 0.159 e. The standard InChI is InChI=1S/C10H12ClN3/c1-4-8-7(3)13-10-6(2)5-12-14(10)9(8)11/h5H,4H2,1-3H3. The molecule has 14 heavy (non-hydrogen) atoms. The van der Waals surface area contributed by atoms with Gasteiger partial charge in [-0.2, -0.15) is 5.10 Å². The van der Waals surface area contributed by atoms with Gasteiger partial charge in [0.05, 0.1) is 6.20 Å². The molecule has 4 heteroatoms. The molecule has 0 atom stereocenters. The molecule has 0 fully saturated rings. The van der Waals surface area contributed by atoms with E-state index in [0.29, 0.717) is 5.15 Å². The van der Waals surface area contributed by atoms with Gasteiger partial charge in [0.1, 0.15) is 5.15 Å². The number of halogens is 1. The van der Waals surface area contributed by atoms with Crippen molar-refractivity contribution in [1.29, 1.82) is 0 Å². The summed E-state index contributed by atoms with van der Waals surface area (Å²) in [7, 11) is 0. The Morgan fingerprint density at radius 1 is 1.43 bits per heavy atom. The molecule has 0 saturated heterocycles. The molecule has 3 nitrogen and oxygen atoms in total. The SMILES string of the molecule is CCc1c(C)nc2c(C)cnn2c1Cl. The summed E-state index contributed by atoms with van der Waals surface area (Å²) in [5.74, 6) is 0. The predicted octanol–water partition coefficient (Wildman–Crippen LogP) is 2.56. The zero-order valence-electron chi connectivity index (χ0n) is 8.50. The van der Waals surface area contributed by atoms with Crippen molar-refractivity contribution in [2.75, 3.05) is 0 Å². The molecule has 2 aromatic rings. The first-order valence-corrected chi connectivity index (χ1v) is 5.02. The number of fused-ring (bicyclic) bond motifs is 1. The summed E-state index contributed by atoms with van der Waals surface area (Å²) in [6.07, 6.45) is 2.67. The summed E-state index contributed by atoms with van der Waals surface area (Å²) in [5.41, 5.74) is 3.97. The van der Waals surface area contributed by atoms with E-state index in [9.17, 15) is 0 Å². The number of nitrogens with zero attached hydrogens (tertiary/aromatic N) is 3. The molecular formula is C10H12ClN3. The highest BCUT2D eigenvalue weighted by atomic mass is 35.5. The molecule has 0 radical (unpaired) electrons. The van der Waals surface area contributed by atoms with Crippen LogP contribution in [-0.4, -0.2) is 14.6 Å². The summed E-state index contributed by atoms with van der Waals surface area (Å²) >= 11 is 6.22. The minimum Gasteiger partial charge on any atom is -0.233 e. The van der Waals surface area contributed by atoms with Crippen molar-refractivity contribution in [1.82, 2.24) is 14.6 Å². The summed E-state index contributed by atoms with van der Waals surface area (Å²) in [6, 6.07) is 0. The average molecular weight is 210 g/mol. The van der Waals surface area contributed by atoms with E-state index in [-0.39, 0.29) is 0 Å². The first-order chi connectivity index (χ1) is 6.65. The van der Waals surface area contributed by atoms with Gasteiger partial charge in [-0.05, 0) is 20.3 Å². The highest BCUT2D eigenvalue weighted by Crippen LogP contribution is 2.21. The Bertz CT molecular complexity index is 488. The zero-order chi connectivity index (χ0) is 10.3. The molecule has 0 spiro atoms. The Kier molecular flexibility index (Phi) is 2.19. The van der Waals surface area contributed by atoms with Gasteiger partial charge in [0.15, 0.2) is 5.65 Å². The van der Waals surface area contributed by atoms with Crippen molar-refractivity contribution in [3.63, 3.8) is 0 Å². The molecule has 2 aromatic heterocycles. The highest BCUT2D eigenvalue weighted by molar-refractivity contribution is 6.30. The third kappa shape index (κ3) is 1.20. The molecule has 74 valence electrons. The van der Waals surface area contributed by atoms with E-state index in [0.717, 1.165) is 28.9 Å². The lowest BCUT2D eigenvalue weighted by molar-refractivity contribution is 0.895. The van der Waals surface area contributed by atoms with Crippen molar-refractivity contribution in [3.8, 4) is 0 Å². The fraction of sp³-hybridized carbons (Fsp3) is 0.400. The van der Waals surface area contributed by atoms with Crippen LogP contribution in [0, 0.1) is 13.8 Å². The summed E-state index contributed by atoms with van der Waals surface area (Å²) in [4.78, 5) is 4.48. The molecule has 0 aliphatic heterocycles. The van der Waals surface area contributed by atoms with Crippen LogP contribution >= 0.6 is 11.6 Å². The van der Waals surface area contributed by atoms with Crippen LogP contribution in [0.5, 0.6) is 0 Å². The lowest BCUT2D eigenvalue weighted by Gasteiger charge is -2.06. The third-order valence-electron chi connectivity index (χ3n) is 2.42. The van der Waals surface area contributed by atoms with Crippen LogP contribution in [0.3, 0.4) is 0 Å². The van der Waals surface area contributed by atoms with E-state index >= 15 is 0 Å². The maximum Gasteiger partial charge on any atom is 0.159 e. The monoisotopic (exact) mass is 209 g/mol. The zero-order valence-corrected chi connectivity index (χ0v) is 9.26. The Morgan fingerprint density at radius 3 is 2.79 bits per heavy atom. The van der Waals surface area contributed by atoms with Crippen molar-refractivity contribution in [2.45, 2.75) is 27.2 Å². The van der Waals surface area contributed by atoms with Gasteiger partial charge in [-0.25, -0.2) is 9.50 Å². The first kappa shape index (κ1) is 9.46. The highest BCUT2D eigenvalue weighted by Gasteiger charge is 2.11. The first-order valence-electron chi connectivity index (χ1n) is 4.64. The van der Waals surface area contributed by atoms with Crippen LogP contribution in [0.1, 0.15) is 23.7 Å². The van der Waals surface area contributed by atoms with Gasteiger partial charge >= 0.3 is 0 Å². The van der Waals surface area contributed by atoms with Crippen molar-refractivity contribution < 1.29 is 0 Å². The molecule has 2 heterocycles. The Hall–Kier alpha value is -1.09. The lowest BCUT2D eigenvalue weighted by Crippen LogP contribution is -2.01. The van der Waals surface area contributed by atoms with E-state index < -0.39 is 0 Å². The summed E-state index contributed by atoms with van der Waals surface area (Å²) in [6.45, 7) is 6.03. The van der Waals surface area contributed by atoms with Crippen LogP contribution < -0.4 is 0 Å².